The van der Waals surface area contributed by atoms with Crippen molar-refractivity contribution in [3.05, 3.63) is 16.5 Å². The van der Waals surface area contributed by atoms with Crippen LogP contribution in [0.25, 0.3) is 0 Å². The molecule has 0 unspecified atom stereocenters. The number of hydrogen-bond acceptors (Lipinski definition) is 4. The van der Waals surface area contributed by atoms with Crippen LogP contribution in [0.1, 0.15) is 55.7 Å². The second-order valence-electron chi connectivity index (χ2n) is 6.42. The second kappa shape index (κ2) is 5.68. The molecule has 0 aromatic carbocycles. The fraction of sp³-hybridized carbons (Fsp3) is 0.667. The molecule has 0 amide bonds. The zero-order valence-electron chi connectivity index (χ0n) is 12.6. The van der Waals surface area contributed by atoms with E-state index < -0.39 is 0 Å². The predicted octanol–water partition coefficient (Wildman–Crippen LogP) is 3.66. The minimum Gasteiger partial charge on any atom is -0.356 e. The van der Waals surface area contributed by atoms with E-state index in [0.29, 0.717) is 28.7 Å². The molecule has 5 heteroatoms. The van der Waals surface area contributed by atoms with E-state index in [9.17, 15) is 4.79 Å². The molecule has 0 saturated heterocycles. The molecule has 1 aromatic rings. The summed E-state index contributed by atoms with van der Waals surface area (Å²) in [5.41, 5.74) is 0.814. The predicted molar refractivity (Wildman–Crippen MR) is 81.6 cm³/mol. The van der Waals surface area contributed by atoms with Gasteiger partial charge in [0.15, 0.2) is 6.29 Å². The summed E-state index contributed by atoms with van der Waals surface area (Å²) < 4.78 is 0. The van der Waals surface area contributed by atoms with Crippen molar-refractivity contribution in [1.29, 1.82) is 0 Å². The molecule has 2 rings (SSSR count). The molecule has 110 valence electrons. The number of hydrogen-bond donors (Lipinski definition) is 0. The van der Waals surface area contributed by atoms with Gasteiger partial charge in [0.05, 0.1) is 5.56 Å². The Morgan fingerprint density at radius 3 is 2.45 bits per heavy atom. The number of anilines is 1. The smallest absolute Gasteiger partial charge is 0.156 e. The van der Waals surface area contributed by atoms with Crippen LogP contribution in [-0.2, 0) is 0 Å². The normalized spacial score (nSPS) is 18.9. The Bertz CT molecular complexity index is 506. The van der Waals surface area contributed by atoms with Crippen molar-refractivity contribution in [2.45, 2.75) is 52.5 Å². The zero-order valence-corrected chi connectivity index (χ0v) is 13.4. The Hall–Kier alpha value is -1.16. The highest BCUT2D eigenvalue weighted by atomic mass is 35.5. The lowest BCUT2D eigenvalue weighted by Crippen LogP contribution is -2.38. The molecule has 1 heterocycles. The Kier molecular flexibility index (Phi) is 4.33. The van der Waals surface area contributed by atoms with Gasteiger partial charge in [-0.2, -0.15) is 0 Å². The topological polar surface area (TPSA) is 46.1 Å². The van der Waals surface area contributed by atoms with E-state index in [4.69, 9.17) is 11.6 Å². The summed E-state index contributed by atoms with van der Waals surface area (Å²) in [4.78, 5) is 21.8. The van der Waals surface area contributed by atoms with Crippen LogP contribution in [-0.4, -0.2) is 29.3 Å². The molecule has 0 atom stereocenters. The highest BCUT2D eigenvalue weighted by Crippen LogP contribution is 2.38. The van der Waals surface area contributed by atoms with E-state index in [1.165, 1.54) is 12.8 Å². The van der Waals surface area contributed by atoms with Crippen LogP contribution in [0.3, 0.4) is 0 Å². The summed E-state index contributed by atoms with van der Waals surface area (Å²) in [6.45, 7) is 6.42. The second-order valence-corrected chi connectivity index (χ2v) is 6.78. The highest BCUT2D eigenvalue weighted by molar-refractivity contribution is 6.32. The molecule has 0 radical (unpaired) electrons. The molecular formula is C15H22ClN3O. The number of carbonyl (C=O) groups excluding carboxylic acids is 1. The van der Waals surface area contributed by atoms with Gasteiger partial charge in [0.2, 0.25) is 0 Å². The number of carbonyl (C=O) groups is 1. The fourth-order valence-corrected chi connectivity index (χ4v) is 3.10. The Balaban J connectivity index is 2.25. The summed E-state index contributed by atoms with van der Waals surface area (Å²) in [6.07, 6.45) is 5.36. The van der Waals surface area contributed by atoms with E-state index in [-0.39, 0.29) is 5.15 Å². The van der Waals surface area contributed by atoms with Gasteiger partial charge >= 0.3 is 0 Å². The van der Waals surface area contributed by atoms with Gasteiger partial charge < -0.3 is 4.90 Å². The standard InChI is InChI=1S/C15H22ClN3O/c1-10-17-13(16)12(9-20)14(18-10)19(4)11-5-7-15(2,3)8-6-11/h9,11H,5-8H2,1-4H3. The molecule has 1 aromatic heterocycles. The molecule has 0 bridgehead atoms. The average Bonchev–Trinajstić information content (AvgIpc) is 2.37. The van der Waals surface area contributed by atoms with E-state index in [0.717, 1.165) is 19.1 Å². The summed E-state index contributed by atoms with van der Waals surface area (Å²) in [5.74, 6) is 1.25. The van der Waals surface area contributed by atoms with Gasteiger partial charge in [0, 0.05) is 13.1 Å². The summed E-state index contributed by atoms with van der Waals surface area (Å²) in [6, 6.07) is 0.409. The molecule has 0 N–H and O–H groups in total. The van der Waals surface area contributed by atoms with Gasteiger partial charge in [-0.3, -0.25) is 4.79 Å². The molecule has 0 aliphatic heterocycles. The summed E-state index contributed by atoms with van der Waals surface area (Å²) in [7, 11) is 1.99. The van der Waals surface area contributed by atoms with Crippen LogP contribution in [0.15, 0.2) is 0 Å². The minimum atomic E-state index is 0.241. The van der Waals surface area contributed by atoms with E-state index in [1.54, 1.807) is 6.92 Å². The van der Waals surface area contributed by atoms with Crippen molar-refractivity contribution in [2.24, 2.45) is 5.41 Å². The quantitative estimate of drug-likeness (QED) is 0.631. The maximum atomic E-state index is 11.3. The first-order valence-electron chi connectivity index (χ1n) is 7.06. The Morgan fingerprint density at radius 1 is 1.30 bits per heavy atom. The fourth-order valence-electron chi connectivity index (χ4n) is 2.85. The number of rotatable bonds is 3. The lowest BCUT2D eigenvalue weighted by Gasteiger charge is -2.39. The number of aldehydes is 1. The van der Waals surface area contributed by atoms with Gasteiger partial charge in [-0.25, -0.2) is 9.97 Å². The monoisotopic (exact) mass is 295 g/mol. The van der Waals surface area contributed by atoms with Crippen LogP contribution < -0.4 is 4.90 Å². The van der Waals surface area contributed by atoms with Crippen molar-refractivity contribution in [3.8, 4) is 0 Å². The molecular weight excluding hydrogens is 274 g/mol. The first kappa shape index (κ1) is 15.2. The van der Waals surface area contributed by atoms with Crippen LogP contribution in [0.4, 0.5) is 5.82 Å². The van der Waals surface area contributed by atoms with Crippen LogP contribution >= 0.6 is 11.6 Å². The molecule has 1 saturated carbocycles. The maximum absolute atomic E-state index is 11.3. The number of aryl methyl sites for hydroxylation is 1. The van der Waals surface area contributed by atoms with Crippen molar-refractivity contribution in [2.75, 3.05) is 11.9 Å². The first-order chi connectivity index (χ1) is 9.34. The lowest BCUT2D eigenvalue weighted by molar-refractivity contribution is 0.112. The van der Waals surface area contributed by atoms with Gasteiger partial charge in [-0.1, -0.05) is 25.4 Å². The Morgan fingerprint density at radius 2 is 1.90 bits per heavy atom. The third-order valence-electron chi connectivity index (χ3n) is 4.30. The molecule has 1 fully saturated rings. The number of halogens is 1. The molecule has 20 heavy (non-hydrogen) atoms. The maximum Gasteiger partial charge on any atom is 0.156 e. The van der Waals surface area contributed by atoms with Crippen molar-refractivity contribution in [3.63, 3.8) is 0 Å². The first-order valence-corrected chi connectivity index (χ1v) is 7.44. The lowest BCUT2D eigenvalue weighted by atomic mass is 9.75. The minimum absolute atomic E-state index is 0.241. The average molecular weight is 296 g/mol. The largest absolute Gasteiger partial charge is 0.356 e. The van der Waals surface area contributed by atoms with Gasteiger partial charge in [0.1, 0.15) is 16.8 Å². The van der Waals surface area contributed by atoms with Crippen LogP contribution in [0.5, 0.6) is 0 Å². The van der Waals surface area contributed by atoms with E-state index >= 15 is 0 Å². The summed E-state index contributed by atoms with van der Waals surface area (Å²) in [5, 5.41) is 0.241. The molecule has 1 aliphatic carbocycles. The van der Waals surface area contributed by atoms with Crippen molar-refractivity contribution in [1.82, 2.24) is 9.97 Å². The molecule has 0 spiro atoms. The van der Waals surface area contributed by atoms with Gasteiger partial charge in [0.25, 0.3) is 0 Å². The SMILES string of the molecule is Cc1nc(Cl)c(C=O)c(N(C)C2CCC(C)(C)CC2)n1. The van der Waals surface area contributed by atoms with Gasteiger partial charge in [-0.15, -0.1) is 0 Å². The van der Waals surface area contributed by atoms with Crippen molar-refractivity contribution < 1.29 is 4.79 Å². The Labute approximate surface area is 125 Å². The third-order valence-corrected chi connectivity index (χ3v) is 4.59. The van der Waals surface area contributed by atoms with E-state index in [2.05, 4.69) is 28.7 Å². The number of aromatic nitrogens is 2. The highest BCUT2D eigenvalue weighted by Gasteiger charge is 2.30. The van der Waals surface area contributed by atoms with Crippen molar-refractivity contribution >= 4 is 23.7 Å². The molecule has 4 nitrogen and oxygen atoms in total. The van der Waals surface area contributed by atoms with Crippen LogP contribution in [0, 0.1) is 12.3 Å². The summed E-state index contributed by atoms with van der Waals surface area (Å²) >= 11 is 6.05. The molecule has 1 aliphatic rings. The zero-order chi connectivity index (χ0) is 14.9. The number of nitrogens with zero attached hydrogens (tertiary/aromatic N) is 3. The van der Waals surface area contributed by atoms with Crippen LogP contribution in [0.2, 0.25) is 5.15 Å². The van der Waals surface area contributed by atoms with Gasteiger partial charge in [-0.05, 0) is 38.0 Å². The van der Waals surface area contributed by atoms with E-state index in [1.807, 2.05) is 7.05 Å². The third kappa shape index (κ3) is 3.11.